The van der Waals surface area contributed by atoms with Crippen LogP contribution in [0.5, 0.6) is 0 Å². The molecule has 0 radical (unpaired) electrons. The van der Waals surface area contributed by atoms with Crippen molar-refractivity contribution >= 4 is 23.5 Å². The Morgan fingerprint density at radius 1 is 0.941 bits per heavy atom. The fourth-order valence-electron chi connectivity index (χ4n) is 3.69. The number of carbonyl (C=O) groups excluding carboxylic acids is 1. The molecule has 2 amide bonds. The first kappa shape index (κ1) is 23.6. The van der Waals surface area contributed by atoms with Crippen LogP contribution in [0.2, 0.25) is 0 Å². The summed E-state index contributed by atoms with van der Waals surface area (Å²) in [6.07, 6.45) is 0. The maximum atomic E-state index is 12.8. The minimum absolute atomic E-state index is 0.281. The van der Waals surface area contributed by atoms with Crippen LogP contribution in [0.25, 0.3) is 5.69 Å². The molecule has 0 aliphatic rings. The average molecular weight is 472 g/mol. The lowest BCUT2D eigenvalue weighted by molar-refractivity contribution is 0.248. The standard InChI is InChI=1S/C27H29N5OS/c1-18-10-13-23(14-11-18)32-25(30-31-27(32)34-17-22-8-6-5-7-9-22)21(4)28-26(33)29-24-15-12-19(2)16-20(24)3/h5-16,21H,17H2,1-4H3,(H2,28,29,33). The number of thioether (sulfide) groups is 1. The van der Waals surface area contributed by atoms with Crippen LogP contribution >= 0.6 is 11.8 Å². The third-order valence-electron chi connectivity index (χ3n) is 5.53. The third-order valence-corrected chi connectivity index (χ3v) is 6.53. The van der Waals surface area contributed by atoms with Gasteiger partial charge in [-0.1, -0.05) is 77.5 Å². The highest BCUT2D eigenvalue weighted by molar-refractivity contribution is 7.98. The summed E-state index contributed by atoms with van der Waals surface area (Å²) in [4.78, 5) is 12.8. The third kappa shape index (κ3) is 5.66. The molecule has 0 saturated heterocycles. The number of nitrogens with one attached hydrogen (secondary N) is 2. The van der Waals surface area contributed by atoms with Crippen molar-refractivity contribution in [3.63, 3.8) is 0 Å². The normalized spacial score (nSPS) is 11.8. The van der Waals surface area contributed by atoms with Crippen LogP contribution in [0, 0.1) is 20.8 Å². The van der Waals surface area contributed by atoms with Crippen LogP contribution in [-0.2, 0) is 5.75 Å². The molecule has 0 spiro atoms. The van der Waals surface area contributed by atoms with Crippen molar-refractivity contribution in [3.05, 3.63) is 101 Å². The van der Waals surface area contributed by atoms with Crippen LogP contribution in [0.3, 0.4) is 0 Å². The Labute approximate surface area is 204 Å². The Hall–Kier alpha value is -3.58. The largest absolute Gasteiger partial charge is 0.328 e. The number of amides is 2. The van der Waals surface area contributed by atoms with E-state index in [2.05, 4.69) is 64.2 Å². The molecule has 4 rings (SSSR count). The number of anilines is 1. The van der Waals surface area contributed by atoms with Crippen molar-refractivity contribution in [2.75, 3.05) is 5.32 Å². The zero-order valence-corrected chi connectivity index (χ0v) is 20.7. The lowest BCUT2D eigenvalue weighted by Gasteiger charge is -2.17. The number of hydrogen-bond acceptors (Lipinski definition) is 4. The van der Waals surface area contributed by atoms with Crippen molar-refractivity contribution in [1.29, 1.82) is 0 Å². The Bertz CT molecular complexity index is 1270. The highest BCUT2D eigenvalue weighted by atomic mass is 32.2. The number of aryl methyl sites for hydroxylation is 3. The molecular weight excluding hydrogens is 442 g/mol. The predicted octanol–water partition coefficient (Wildman–Crippen LogP) is 6.37. The van der Waals surface area contributed by atoms with E-state index in [1.54, 1.807) is 11.8 Å². The maximum absolute atomic E-state index is 12.8. The molecule has 174 valence electrons. The molecule has 0 fully saturated rings. The van der Waals surface area contributed by atoms with Gasteiger partial charge in [0, 0.05) is 17.1 Å². The number of carbonyl (C=O) groups is 1. The van der Waals surface area contributed by atoms with Crippen LogP contribution in [0.4, 0.5) is 10.5 Å². The van der Waals surface area contributed by atoms with E-state index in [9.17, 15) is 4.79 Å². The minimum Gasteiger partial charge on any atom is -0.328 e. The Balaban J connectivity index is 1.56. The molecule has 0 aliphatic carbocycles. The molecule has 1 atom stereocenters. The second-order valence-corrected chi connectivity index (χ2v) is 9.37. The molecule has 6 nitrogen and oxygen atoms in total. The van der Waals surface area contributed by atoms with Gasteiger partial charge in [-0.3, -0.25) is 4.57 Å². The summed E-state index contributed by atoms with van der Waals surface area (Å²) in [7, 11) is 0. The van der Waals surface area contributed by atoms with Gasteiger partial charge in [-0.2, -0.15) is 0 Å². The molecule has 3 aromatic carbocycles. The summed E-state index contributed by atoms with van der Waals surface area (Å²) in [6.45, 7) is 7.99. The molecule has 1 aromatic heterocycles. The Morgan fingerprint density at radius 3 is 2.35 bits per heavy atom. The first-order valence-electron chi connectivity index (χ1n) is 11.2. The van der Waals surface area contributed by atoms with Gasteiger partial charge in [0.2, 0.25) is 0 Å². The van der Waals surface area contributed by atoms with Crippen molar-refractivity contribution < 1.29 is 4.79 Å². The van der Waals surface area contributed by atoms with Crippen LogP contribution in [-0.4, -0.2) is 20.8 Å². The number of rotatable bonds is 7. The quantitative estimate of drug-likeness (QED) is 0.307. The van der Waals surface area contributed by atoms with E-state index in [4.69, 9.17) is 0 Å². The first-order valence-corrected chi connectivity index (χ1v) is 12.2. The van der Waals surface area contributed by atoms with Gasteiger partial charge in [-0.15, -0.1) is 10.2 Å². The SMILES string of the molecule is Cc1ccc(-n2c(SCc3ccccc3)nnc2C(C)NC(=O)Nc2ccc(C)cc2C)cc1. The van der Waals surface area contributed by atoms with Gasteiger partial charge in [0.05, 0.1) is 6.04 Å². The van der Waals surface area contributed by atoms with E-state index >= 15 is 0 Å². The highest BCUT2D eigenvalue weighted by Gasteiger charge is 2.21. The highest BCUT2D eigenvalue weighted by Crippen LogP contribution is 2.28. The number of hydrogen-bond donors (Lipinski definition) is 2. The lowest BCUT2D eigenvalue weighted by atomic mass is 10.1. The number of benzene rings is 3. The molecule has 0 saturated carbocycles. The molecule has 4 aromatic rings. The fraction of sp³-hybridized carbons (Fsp3) is 0.222. The molecule has 1 unspecified atom stereocenters. The van der Waals surface area contributed by atoms with E-state index in [-0.39, 0.29) is 12.1 Å². The second kappa shape index (κ2) is 10.6. The van der Waals surface area contributed by atoms with E-state index in [1.165, 1.54) is 11.1 Å². The average Bonchev–Trinajstić information content (AvgIpc) is 3.25. The summed E-state index contributed by atoms with van der Waals surface area (Å²) in [5.74, 6) is 1.45. The minimum atomic E-state index is -0.356. The van der Waals surface area contributed by atoms with Gasteiger partial charge in [0.25, 0.3) is 0 Å². The van der Waals surface area contributed by atoms with Crippen molar-refractivity contribution in [2.45, 2.75) is 44.6 Å². The second-order valence-electron chi connectivity index (χ2n) is 8.42. The first-order chi connectivity index (χ1) is 16.4. The fourth-order valence-corrected chi connectivity index (χ4v) is 4.60. The van der Waals surface area contributed by atoms with Crippen LogP contribution < -0.4 is 10.6 Å². The lowest BCUT2D eigenvalue weighted by Crippen LogP contribution is -2.32. The molecule has 7 heteroatoms. The smallest absolute Gasteiger partial charge is 0.319 e. The number of nitrogens with zero attached hydrogens (tertiary/aromatic N) is 3. The van der Waals surface area contributed by atoms with Gasteiger partial charge < -0.3 is 10.6 Å². The van der Waals surface area contributed by atoms with Crippen molar-refractivity contribution in [2.24, 2.45) is 0 Å². The molecule has 34 heavy (non-hydrogen) atoms. The van der Waals surface area contributed by atoms with E-state index in [0.29, 0.717) is 5.82 Å². The van der Waals surface area contributed by atoms with Crippen LogP contribution in [0.1, 0.15) is 41.0 Å². The zero-order chi connectivity index (χ0) is 24.1. The predicted molar refractivity (Wildman–Crippen MR) is 139 cm³/mol. The summed E-state index contributed by atoms with van der Waals surface area (Å²) in [6, 6.07) is 23.8. The van der Waals surface area contributed by atoms with Gasteiger partial charge in [-0.25, -0.2) is 4.79 Å². The van der Waals surface area contributed by atoms with E-state index in [0.717, 1.165) is 33.4 Å². The summed E-state index contributed by atoms with van der Waals surface area (Å²) < 4.78 is 2.02. The topological polar surface area (TPSA) is 71.8 Å². The van der Waals surface area contributed by atoms with Gasteiger partial charge >= 0.3 is 6.03 Å². The Kier molecular flexibility index (Phi) is 7.33. The number of urea groups is 1. The molecular formula is C27H29N5OS. The summed E-state index contributed by atoms with van der Waals surface area (Å²) in [5, 5.41) is 15.7. The van der Waals surface area contributed by atoms with E-state index < -0.39 is 0 Å². The monoisotopic (exact) mass is 471 g/mol. The zero-order valence-electron chi connectivity index (χ0n) is 19.9. The molecule has 0 bridgehead atoms. The van der Waals surface area contributed by atoms with Gasteiger partial charge in [0.1, 0.15) is 0 Å². The molecule has 1 heterocycles. The van der Waals surface area contributed by atoms with Gasteiger partial charge in [0.15, 0.2) is 11.0 Å². The van der Waals surface area contributed by atoms with Gasteiger partial charge in [-0.05, 0) is 57.0 Å². The van der Waals surface area contributed by atoms with Crippen LogP contribution in [0.15, 0.2) is 78.0 Å². The summed E-state index contributed by atoms with van der Waals surface area (Å²) >= 11 is 1.62. The van der Waals surface area contributed by atoms with Crippen molar-refractivity contribution in [1.82, 2.24) is 20.1 Å². The Morgan fingerprint density at radius 2 is 1.65 bits per heavy atom. The van der Waals surface area contributed by atoms with E-state index in [1.807, 2.05) is 61.7 Å². The molecule has 2 N–H and O–H groups in total. The summed E-state index contributed by atoms with van der Waals surface area (Å²) in [5.41, 5.74) is 6.31. The maximum Gasteiger partial charge on any atom is 0.319 e. The number of aromatic nitrogens is 3. The molecule has 0 aliphatic heterocycles. The van der Waals surface area contributed by atoms with Crippen molar-refractivity contribution in [3.8, 4) is 5.69 Å².